The molecule has 0 saturated heterocycles. The first-order valence-corrected chi connectivity index (χ1v) is 6.63. The lowest BCUT2D eigenvalue weighted by Crippen LogP contribution is -2.03. The Morgan fingerprint density at radius 2 is 1.85 bits per heavy atom. The molecule has 0 aliphatic heterocycles. The summed E-state index contributed by atoms with van der Waals surface area (Å²) in [6.07, 6.45) is 1.99. The number of aromatic nitrogens is 1. The van der Waals surface area contributed by atoms with Crippen LogP contribution in [-0.4, -0.2) is 17.6 Å². The molecule has 0 atom stereocenters. The third-order valence-electron chi connectivity index (χ3n) is 3.30. The van der Waals surface area contributed by atoms with Crippen molar-refractivity contribution >= 4 is 16.9 Å². The van der Waals surface area contributed by atoms with Gasteiger partial charge in [0, 0.05) is 22.7 Å². The lowest BCUT2D eigenvalue weighted by atomic mass is 10.0. The second kappa shape index (κ2) is 5.21. The molecule has 3 heteroatoms. The summed E-state index contributed by atoms with van der Waals surface area (Å²) in [5.74, 6) is -0.280. The van der Waals surface area contributed by atoms with E-state index in [1.54, 1.807) is 19.1 Å². The van der Waals surface area contributed by atoms with Crippen molar-refractivity contribution in [1.82, 2.24) is 4.98 Å². The molecule has 0 aliphatic rings. The van der Waals surface area contributed by atoms with Crippen LogP contribution >= 0.6 is 0 Å². The van der Waals surface area contributed by atoms with E-state index in [2.05, 4.69) is 11.1 Å². The number of hydrogen-bond acceptors (Lipinski definition) is 2. The molecule has 0 fully saturated rings. The first-order chi connectivity index (χ1) is 9.79. The number of rotatable bonds is 3. The summed E-state index contributed by atoms with van der Waals surface area (Å²) in [5, 5.41) is 1.18. The second-order valence-electron chi connectivity index (χ2n) is 4.55. The van der Waals surface area contributed by atoms with E-state index >= 15 is 0 Å². The summed E-state index contributed by atoms with van der Waals surface area (Å²) in [6, 6.07) is 15.7. The van der Waals surface area contributed by atoms with Gasteiger partial charge in [-0.2, -0.15) is 0 Å². The van der Waals surface area contributed by atoms with Crippen LogP contribution in [0, 0.1) is 0 Å². The number of H-pyrrole nitrogens is 1. The van der Waals surface area contributed by atoms with Gasteiger partial charge in [-0.1, -0.05) is 30.3 Å². The van der Waals surface area contributed by atoms with Gasteiger partial charge in [-0.15, -0.1) is 0 Å². The van der Waals surface area contributed by atoms with Crippen molar-refractivity contribution in [3.8, 4) is 11.1 Å². The standard InChI is InChI=1S/C17H15NO2/c1-2-20-17(19)13-9-7-12(8-10-13)15-11-18-16-6-4-3-5-14(15)16/h3-11,18H,2H2,1H3. The van der Waals surface area contributed by atoms with E-state index in [9.17, 15) is 4.79 Å². The third kappa shape index (κ3) is 2.18. The Bertz CT molecular complexity index is 741. The van der Waals surface area contributed by atoms with Gasteiger partial charge in [0.1, 0.15) is 0 Å². The van der Waals surface area contributed by atoms with E-state index in [4.69, 9.17) is 4.74 Å². The van der Waals surface area contributed by atoms with Crippen LogP contribution in [0.4, 0.5) is 0 Å². The molecule has 20 heavy (non-hydrogen) atoms. The number of benzene rings is 2. The molecular formula is C17H15NO2. The number of aromatic amines is 1. The van der Waals surface area contributed by atoms with Crippen molar-refractivity contribution in [2.75, 3.05) is 6.61 Å². The summed E-state index contributed by atoms with van der Waals surface area (Å²) in [4.78, 5) is 14.9. The Morgan fingerprint density at radius 3 is 2.60 bits per heavy atom. The number of nitrogens with one attached hydrogen (secondary N) is 1. The SMILES string of the molecule is CCOC(=O)c1ccc(-c2c[nH]c3ccccc23)cc1. The fraction of sp³-hybridized carbons (Fsp3) is 0.118. The van der Waals surface area contributed by atoms with E-state index in [-0.39, 0.29) is 5.97 Å². The van der Waals surface area contributed by atoms with E-state index in [0.717, 1.165) is 16.6 Å². The molecule has 100 valence electrons. The van der Waals surface area contributed by atoms with E-state index < -0.39 is 0 Å². The van der Waals surface area contributed by atoms with E-state index in [1.165, 1.54) is 5.39 Å². The van der Waals surface area contributed by atoms with Gasteiger partial charge in [-0.25, -0.2) is 4.79 Å². The van der Waals surface area contributed by atoms with Gasteiger partial charge in [0.05, 0.1) is 12.2 Å². The third-order valence-corrected chi connectivity index (χ3v) is 3.30. The van der Waals surface area contributed by atoms with Gasteiger partial charge >= 0.3 is 5.97 Å². The van der Waals surface area contributed by atoms with Crippen molar-refractivity contribution in [2.24, 2.45) is 0 Å². The molecule has 3 nitrogen and oxygen atoms in total. The average molecular weight is 265 g/mol. The lowest BCUT2D eigenvalue weighted by Gasteiger charge is -2.03. The topological polar surface area (TPSA) is 42.1 Å². The van der Waals surface area contributed by atoms with E-state index in [0.29, 0.717) is 12.2 Å². The highest BCUT2D eigenvalue weighted by molar-refractivity contribution is 5.96. The summed E-state index contributed by atoms with van der Waals surface area (Å²) in [5.41, 5.74) is 3.90. The summed E-state index contributed by atoms with van der Waals surface area (Å²) in [6.45, 7) is 2.20. The minimum Gasteiger partial charge on any atom is -0.462 e. The minimum atomic E-state index is -0.280. The lowest BCUT2D eigenvalue weighted by molar-refractivity contribution is 0.0526. The molecule has 1 heterocycles. The average Bonchev–Trinajstić information content (AvgIpc) is 2.92. The summed E-state index contributed by atoms with van der Waals surface area (Å²) in [7, 11) is 0. The van der Waals surface area contributed by atoms with Crippen LogP contribution in [0.2, 0.25) is 0 Å². The van der Waals surface area contributed by atoms with Crippen LogP contribution in [0.15, 0.2) is 54.7 Å². The van der Waals surface area contributed by atoms with E-state index in [1.807, 2.05) is 36.5 Å². The quantitative estimate of drug-likeness (QED) is 0.727. The zero-order chi connectivity index (χ0) is 13.9. The maximum Gasteiger partial charge on any atom is 0.338 e. The number of hydrogen-bond donors (Lipinski definition) is 1. The molecule has 0 aliphatic carbocycles. The number of para-hydroxylation sites is 1. The Balaban J connectivity index is 1.97. The maximum atomic E-state index is 11.6. The van der Waals surface area contributed by atoms with Gasteiger partial charge < -0.3 is 9.72 Å². The molecule has 3 rings (SSSR count). The highest BCUT2D eigenvalue weighted by Crippen LogP contribution is 2.28. The fourth-order valence-corrected chi connectivity index (χ4v) is 2.31. The van der Waals surface area contributed by atoms with Gasteiger partial charge in [0.15, 0.2) is 0 Å². The molecular weight excluding hydrogens is 250 g/mol. The highest BCUT2D eigenvalue weighted by atomic mass is 16.5. The minimum absolute atomic E-state index is 0.280. The van der Waals surface area contributed by atoms with Crippen LogP contribution in [-0.2, 0) is 4.74 Å². The van der Waals surface area contributed by atoms with Crippen LogP contribution < -0.4 is 0 Å². The van der Waals surface area contributed by atoms with Crippen molar-refractivity contribution in [2.45, 2.75) is 6.92 Å². The van der Waals surface area contributed by atoms with Crippen LogP contribution in [0.1, 0.15) is 17.3 Å². The molecule has 0 bridgehead atoms. The number of ether oxygens (including phenoxy) is 1. The Kier molecular flexibility index (Phi) is 3.25. The normalized spacial score (nSPS) is 10.7. The smallest absolute Gasteiger partial charge is 0.338 e. The largest absolute Gasteiger partial charge is 0.462 e. The van der Waals surface area contributed by atoms with Gasteiger partial charge in [-0.05, 0) is 30.7 Å². The zero-order valence-electron chi connectivity index (χ0n) is 11.2. The maximum absolute atomic E-state index is 11.6. The van der Waals surface area contributed by atoms with Gasteiger partial charge in [0.25, 0.3) is 0 Å². The van der Waals surface area contributed by atoms with Crippen molar-refractivity contribution in [3.63, 3.8) is 0 Å². The Hall–Kier alpha value is -2.55. The summed E-state index contributed by atoms with van der Waals surface area (Å²) >= 11 is 0. The number of carbonyl (C=O) groups is 1. The van der Waals surface area contributed by atoms with Crippen molar-refractivity contribution in [1.29, 1.82) is 0 Å². The zero-order valence-corrected chi connectivity index (χ0v) is 11.2. The molecule has 0 radical (unpaired) electrons. The second-order valence-corrected chi connectivity index (χ2v) is 4.55. The highest BCUT2D eigenvalue weighted by Gasteiger charge is 2.08. The van der Waals surface area contributed by atoms with Crippen LogP contribution in [0.5, 0.6) is 0 Å². The van der Waals surface area contributed by atoms with Crippen molar-refractivity contribution < 1.29 is 9.53 Å². The fourth-order valence-electron chi connectivity index (χ4n) is 2.31. The number of carbonyl (C=O) groups excluding carboxylic acids is 1. The predicted molar refractivity (Wildman–Crippen MR) is 79.7 cm³/mol. The van der Waals surface area contributed by atoms with Gasteiger partial charge in [0.2, 0.25) is 0 Å². The monoisotopic (exact) mass is 265 g/mol. The first-order valence-electron chi connectivity index (χ1n) is 6.63. The summed E-state index contributed by atoms with van der Waals surface area (Å²) < 4.78 is 4.98. The Labute approximate surface area is 117 Å². The van der Waals surface area contributed by atoms with Crippen LogP contribution in [0.3, 0.4) is 0 Å². The van der Waals surface area contributed by atoms with Crippen molar-refractivity contribution in [3.05, 3.63) is 60.3 Å². The molecule has 1 aromatic heterocycles. The molecule has 1 N–H and O–H groups in total. The molecule has 3 aromatic rings. The molecule has 0 spiro atoms. The first kappa shape index (κ1) is 12.5. The molecule has 0 unspecified atom stereocenters. The Morgan fingerprint density at radius 1 is 1.10 bits per heavy atom. The number of esters is 1. The molecule has 0 saturated carbocycles. The van der Waals surface area contributed by atoms with Crippen LogP contribution in [0.25, 0.3) is 22.0 Å². The number of fused-ring (bicyclic) bond motifs is 1. The molecule has 0 amide bonds. The predicted octanol–water partition coefficient (Wildman–Crippen LogP) is 4.01. The van der Waals surface area contributed by atoms with Gasteiger partial charge in [-0.3, -0.25) is 0 Å². The molecule has 2 aromatic carbocycles.